The number of halogens is 1. The molecule has 2 rings (SSSR count). The van der Waals surface area contributed by atoms with Crippen molar-refractivity contribution < 1.29 is 0 Å². The van der Waals surface area contributed by atoms with Crippen molar-refractivity contribution in [1.82, 2.24) is 9.97 Å². The summed E-state index contributed by atoms with van der Waals surface area (Å²) in [6, 6.07) is 0. The third kappa shape index (κ3) is 3.18. The van der Waals surface area contributed by atoms with Gasteiger partial charge in [0.05, 0.1) is 5.69 Å². The first kappa shape index (κ1) is 12.8. The van der Waals surface area contributed by atoms with E-state index in [0.717, 1.165) is 24.4 Å². The van der Waals surface area contributed by atoms with Crippen molar-refractivity contribution >= 4 is 15.9 Å². The summed E-state index contributed by atoms with van der Waals surface area (Å²) in [4.78, 5) is 19.2. The Hall–Kier alpha value is -0.640. The van der Waals surface area contributed by atoms with Crippen molar-refractivity contribution in [3.05, 3.63) is 26.3 Å². The summed E-state index contributed by atoms with van der Waals surface area (Å²) < 4.78 is 0.562. The van der Waals surface area contributed by atoms with Crippen LogP contribution in [0.1, 0.15) is 62.4 Å². The Kier molecular flexibility index (Phi) is 4.37. The highest BCUT2D eigenvalue weighted by Crippen LogP contribution is 2.28. The first-order valence-corrected chi connectivity index (χ1v) is 7.24. The molecule has 1 saturated carbocycles. The molecule has 0 unspecified atom stereocenters. The van der Waals surface area contributed by atoms with Crippen LogP contribution in [0.4, 0.5) is 0 Å². The third-order valence-corrected chi connectivity index (χ3v) is 4.47. The molecule has 0 radical (unpaired) electrons. The molecule has 4 heteroatoms. The van der Waals surface area contributed by atoms with E-state index in [1.165, 1.54) is 32.1 Å². The first-order valence-electron chi connectivity index (χ1n) is 6.45. The lowest BCUT2D eigenvalue weighted by Gasteiger charge is -2.19. The lowest BCUT2D eigenvalue weighted by atomic mass is 9.90. The summed E-state index contributed by atoms with van der Waals surface area (Å²) in [5.41, 5.74) is 0.750. The van der Waals surface area contributed by atoms with Crippen molar-refractivity contribution in [1.29, 1.82) is 0 Å². The number of hydrogen-bond donors (Lipinski definition) is 1. The number of hydrogen-bond acceptors (Lipinski definition) is 2. The van der Waals surface area contributed by atoms with Crippen molar-refractivity contribution in [3.63, 3.8) is 0 Å². The van der Waals surface area contributed by atoms with E-state index in [0.29, 0.717) is 10.4 Å². The summed E-state index contributed by atoms with van der Waals surface area (Å²) in [7, 11) is 0. The van der Waals surface area contributed by atoms with E-state index < -0.39 is 0 Å². The maximum absolute atomic E-state index is 11.7. The summed E-state index contributed by atoms with van der Waals surface area (Å²) in [5, 5.41) is 0. The molecule has 1 aliphatic rings. The SMILES string of the molecule is Cc1nc(C2CCCCCCC2)[nH]c(=O)c1Br. The summed E-state index contributed by atoms with van der Waals surface area (Å²) in [5.74, 6) is 1.33. The molecule has 0 bridgehead atoms. The van der Waals surface area contributed by atoms with E-state index in [1.54, 1.807) is 0 Å². The number of aromatic nitrogens is 2. The Morgan fingerprint density at radius 2 is 1.76 bits per heavy atom. The number of nitrogens with one attached hydrogen (secondary N) is 1. The minimum Gasteiger partial charge on any atom is -0.309 e. The van der Waals surface area contributed by atoms with Gasteiger partial charge in [0.1, 0.15) is 10.3 Å². The van der Waals surface area contributed by atoms with Crippen LogP contribution in [-0.4, -0.2) is 9.97 Å². The van der Waals surface area contributed by atoms with Crippen LogP contribution < -0.4 is 5.56 Å². The number of aromatic amines is 1. The predicted octanol–water partition coefficient (Wildman–Crippen LogP) is 3.67. The van der Waals surface area contributed by atoms with Gasteiger partial charge in [0.2, 0.25) is 0 Å². The van der Waals surface area contributed by atoms with Gasteiger partial charge in [-0.25, -0.2) is 4.98 Å². The Balaban J connectivity index is 2.22. The molecule has 1 heterocycles. The lowest BCUT2D eigenvalue weighted by molar-refractivity contribution is 0.441. The molecule has 0 spiro atoms. The molecule has 0 atom stereocenters. The Labute approximate surface area is 110 Å². The van der Waals surface area contributed by atoms with Crippen LogP contribution in [0.25, 0.3) is 0 Å². The minimum absolute atomic E-state index is 0.0467. The van der Waals surface area contributed by atoms with Gasteiger partial charge in [0.15, 0.2) is 0 Å². The Morgan fingerprint density at radius 3 is 2.35 bits per heavy atom. The van der Waals surface area contributed by atoms with Gasteiger partial charge in [0, 0.05) is 5.92 Å². The molecule has 94 valence electrons. The Bertz CT molecular complexity index is 434. The molecule has 0 saturated heterocycles. The lowest BCUT2D eigenvalue weighted by Crippen LogP contribution is -2.17. The standard InChI is InChI=1S/C13H19BrN2O/c1-9-11(14)13(17)16-12(15-9)10-7-5-3-2-4-6-8-10/h10H,2-8H2,1H3,(H,15,16,17). The van der Waals surface area contributed by atoms with Gasteiger partial charge < -0.3 is 4.98 Å². The molecule has 1 N–H and O–H groups in total. The molecular formula is C13H19BrN2O. The largest absolute Gasteiger partial charge is 0.309 e. The summed E-state index contributed by atoms with van der Waals surface area (Å²) in [6.07, 6.45) is 8.81. The zero-order valence-electron chi connectivity index (χ0n) is 10.3. The van der Waals surface area contributed by atoms with Crippen LogP contribution in [0, 0.1) is 6.92 Å². The molecular weight excluding hydrogens is 280 g/mol. The highest BCUT2D eigenvalue weighted by molar-refractivity contribution is 9.10. The topological polar surface area (TPSA) is 45.8 Å². The van der Waals surface area contributed by atoms with E-state index in [2.05, 4.69) is 25.9 Å². The summed E-state index contributed by atoms with van der Waals surface area (Å²) in [6.45, 7) is 1.88. The quantitative estimate of drug-likeness (QED) is 0.860. The van der Waals surface area contributed by atoms with Gasteiger partial charge in [-0.3, -0.25) is 4.79 Å². The molecule has 1 aromatic rings. The molecule has 1 aromatic heterocycles. The van der Waals surface area contributed by atoms with Crippen LogP contribution in [0.5, 0.6) is 0 Å². The zero-order chi connectivity index (χ0) is 12.3. The van der Waals surface area contributed by atoms with Gasteiger partial charge in [-0.1, -0.05) is 32.1 Å². The van der Waals surface area contributed by atoms with Crippen molar-refractivity contribution in [2.24, 2.45) is 0 Å². The zero-order valence-corrected chi connectivity index (χ0v) is 11.8. The predicted molar refractivity (Wildman–Crippen MR) is 72.4 cm³/mol. The van der Waals surface area contributed by atoms with Crippen molar-refractivity contribution in [2.45, 2.75) is 57.8 Å². The maximum atomic E-state index is 11.7. The highest BCUT2D eigenvalue weighted by Gasteiger charge is 2.17. The fourth-order valence-electron chi connectivity index (χ4n) is 2.52. The highest BCUT2D eigenvalue weighted by atomic mass is 79.9. The fraction of sp³-hybridized carbons (Fsp3) is 0.692. The second-order valence-corrected chi connectivity index (χ2v) is 5.69. The maximum Gasteiger partial charge on any atom is 0.265 e. The number of rotatable bonds is 1. The van der Waals surface area contributed by atoms with Crippen LogP contribution in [-0.2, 0) is 0 Å². The second-order valence-electron chi connectivity index (χ2n) is 4.89. The average molecular weight is 299 g/mol. The third-order valence-electron chi connectivity index (χ3n) is 3.54. The van der Waals surface area contributed by atoms with E-state index in [9.17, 15) is 4.79 Å². The normalized spacial score (nSPS) is 18.7. The smallest absolute Gasteiger partial charge is 0.265 e. The van der Waals surface area contributed by atoms with Crippen LogP contribution in [0.2, 0.25) is 0 Å². The number of nitrogens with zero attached hydrogens (tertiary/aromatic N) is 1. The molecule has 0 aliphatic heterocycles. The molecule has 1 fully saturated rings. The summed E-state index contributed by atoms with van der Waals surface area (Å²) >= 11 is 3.26. The van der Waals surface area contributed by atoms with Crippen LogP contribution in [0.15, 0.2) is 9.27 Å². The van der Waals surface area contributed by atoms with Crippen molar-refractivity contribution in [2.75, 3.05) is 0 Å². The van der Waals surface area contributed by atoms with Gasteiger partial charge in [-0.15, -0.1) is 0 Å². The van der Waals surface area contributed by atoms with Gasteiger partial charge in [0.25, 0.3) is 5.56 Å². The van der Waals surface area contributed by atoms with E-state index in [1.807, 2.05) is 6.92 Å². The average Bonchev–Trinajstić information content (AvgIpc) is 2.25. The minimum atomic E-state index is -0.0467. The van der Waals surface area contributed by atoms with E-state index >= 15 is 0 Å². The van der Waals surface area contributed by atoms with E-state index in [-0.39, 0.29) is 5.56 Å². The molecule has 0 amide bonds. The molecule has 1 aliphatic carbocycles. The monoisotopic (exact) mass is 298 g/mol. The van der Waals surface area contributed by atoms with Gasteiger partial charge in [-0.2, -0.15) is 0 Å². The fourth-order valence-corrected chi connectivity index (χ4v) is 2.70. The van der Waals surface area contributed by atoms with E-state index in [4.69, 9.17) is 0 Å². The Morgan fingerprint density at radius 1 is 1.18 bits per heavy atom. The van der Waals surface area contributed by atoms with Crippen LogP contribution >= 0.6 is 15.9 Å². The van der Waals surface area contributed by atoms with Crippen molar-refractivity contribution in [3.8, 4) is 0 Å². The second kappa shape index (κ2) is 5.80. The first-order chi connectivity index (χ1) is 8.18. The van der Waals surface area contributed by atoms with Gasteiger partial charge in [-0.05, 0) is 35.7 Å². The molecule has 0 aromatic carbocycles. The molecule has 17 heavy (non-hydrogen) atoms. The number of H-pyrrole nitrogens is 1. The molecule has 3 nitrogen and oxygen atoms in total. The number of aryl methyl sites for hydroxylation is 1. The van der Waals surface area contributed by atoms with Gasteiger partial charge >= 0.3 is 0 Å². The van der Waals surface area contributed by atoms with Crippen LogP contribution in [0.3, 0.4) is 0 Å².